The molecule has 0 heterocycles. The third-order valence-electron chi connectivity index (χ3n) is 5.32. The van der Waals surface area contributed by atoms with Crippen molar-refractivity contribution in [2.24, 2.45) is 5.10 Å². The van der Waals surface area contributed by atoms with Gasteiger partial charge in [-0.15, -0.1) is 0 Å². The minimum Gasteiger partial charge on any atom is -0.493 e. The van der Waals surface area contributed by atoms with Crippen molar-refractivity contribution in [1.82, 2.24) is 5.43 Å². The number of hydrogen-bond donors (Lipinski definition) is 1. The van der Waals surface area contributed by atoms with Crippen LogP contribution in [0.3, 0.4) is 0 Å². The van der Waals surface area contributed by atoms with Gasteiger partial charge >= 0.3 is 0 Å². The zero-order valence-corrected chi connectivity index (χ0v) is 20.0. The number of carbonyl (C=O) groups is 1. The van der Waals surface area contributed by atoms with Gasteiger partial charge in [0.1, 0.15) is 6.61 Å². The molecule has 3 aromatic carbocycles. The monoisotopic (exact) mass is 482 g/mol. The molecule has 0 aliphatic carbocycles. The first-order chi connectivity index (χ1) is 16.8. The van der Waals surface area contributed by atoms with Crippen LogP contribution in [0.1, 0.15) is 58.8 Å². The van der Waals surface area contributed by atoms with Crippen molar-refractivity contribution < 1.29 is 27.8 Å². The molecule has 35 heavy (non-hydrogen) atoms. The molecule has 0 bridgehead atoms. The van der Waals surface area contributed by atoms with E-state index in [2.05, 4.69) is 36.5 Å². The second-order valence-corrected chi connectivity index (χ2v) is 8.06. The predicted octanol–water partition coefficient (Wildman–Crippen LogP) is 6.11. The molecule has 0 saturated heterocycles. The van der Waals surface area contributed by atoms with Gasteiger partial charge in [-0.2, -0.15) is 5.10 Å². The Morgan fingerprint density at radius 2 is 1.51 bits per heavy atom. The summed E-state index contributed by atoms with van der Waals surface area (Å²) in [4.78, 5) is 12.2. The fraction of sp³-hybridized carbons (Fsp3) is 0.259. The number of ether oxygens (including phenoxy) is 3. The van der Waals surface area contributed by atoms with E-state index >= 15 is 0 Å². The highest BCUT2D eigenvalue weighted by molar-refractivity contribution is 5.95. The Bertz CT molecular complexity index is 1140. The summed E-state index contributed by atoms with van der Waals surface area (Å²) in [6.45, 7) is 4.62. The highest BCUT2D eigenvalue weighted by Gasteiger charge is 2.15. The van der Waals surface area contributed by atoms with E-state index in [1.165, 1.54) is 50.3 Å². The number of rotatable bonds is 10. The van der Waals surface area contributed by atoms with Gasteiger partial charge < -0.3 is 14.2 Å². The summed E-state index contributed by atoms with van der Waals surface area (Å²) in [5, 5.41) is 3.95. The molecule has 3 aromatic rings. The quantitative estimate of drug-likeness (QED) is 0.280. The SMILES string of the molecule is COc1cc(/C=N/NC(=O)c2ccc(C(F)F)cc2)cc(OC)c1OCc1ccc(C(C)C)cc1. The van der Waals surface area contributed by atoms with E-state index in [0.717, 1.165) is 5.56 Å². The summed E-state index contributed by atoms with van der Waals surface area (Å²) in [6.07, 6.45) is -1.17. The van der Waals surface area contributed by atoms with E-state index in [1.807, 2.05) is 12.1 Å². The lowest BCUT2D eigenvalue weighted by molar-refractivity contribution is 0.0954. The molecule has 1 amide bonds. The summed E-state index contributed by atoms with van der Waals surface area (Å²) in [5.74, 6) is 1.26. The van der Waals surface area contributed by atoms with Gasteiger partial charge in [0, 0.05) is 16.7 Å². The average Bonchev–Trinajstić information content (AvgIpc) is 2.87. The van der Waals surface area contributed by atoms with E-state index in [9.17, 15) is 13.6 Å². The van der Waals surface area contributed by atoms with Gasteiger partial charge in [-0.05, 0) is 41.3 Å². The number of halogens is 2. The van der Waals surface area contributed by atoms with Crippen LogP contribution in [0.25, 0.3) is 0 Å². The molecule has 8 heteroatoms. The Kier molecular flexibility index (Phi) is 8.78. The summed E-state index contributed by atoms with van der Waals surface area (Å²) >= 11 is 0. The molecule has 0 aromatic heterocycles. The van der Waals surface area contributed by atoms with Crippen LogP contribution in [0, 0.1) is 0 Å². The van der Waals surface area contributed by atoms with Crippen molar-refractivity contribution in [2.75, 3.05) is 14.2 Å². The van der Waals surface area contributed by atoms with Crippen molar-refractivity contribution >= 4 is 12.1 Å². The average molecular weight is 483 g/mol. The van der Waals surface area contributed by atoms with Gasteiger partial charge in [-0.1, -0.05) is 50.2 Å². The van der Waals surface area contributed by atoms with Gasteiger partial charge in [0.15, 0.2) is 11.5 Å². The lowest BCUT2D eigenvalue weighted by Crippen LogP contribution is -2.17. The zero-order chi connectivity index (χ0) is 25.4. The standard InChI is InChI=1S/C27H28F2N2O4/c1-17(2)20-7-5-18(6-8-20)16-35-25-23(33-3)13-19(14-24(25)34-4)15-30-31-27(32)22-11-9-21(10-12-22)26(28)29/h5-15,17,26H,16H2,1-4H3,(H,31,32)/b30-15+. The smallest absolute Gasteiger partial charge is 0.271 e. The fourth-order valence-electron chi connectivity index (χ4n) is 3.28. The molecule has 184 valence electrons. The van der Waals surface area contributed by atoms with E-state index in [-0.39, 0.29) is 11.1 Å². The summed E-state index contributed by atoms with van der Waals surface area (Å²) in [6, 6.07) is 16.7. The molecule has 6 nitrogen and oxygen atoms in total. The van der Waals surface area contributed by atoms with Gasteiger partial charge in [-0.25, -0.2) is 14.2 Å². The second-order valence-electron chi connectivity index (χ2n) is 8.06. The maximum atomic E-state index is 12.7. The number of amides is 1. The van der Waals surface area contributed by atoms with Gasteiger partial charge in [0.25, 0.3) is 12.3 Å². The lowest BCUT2D eigenvalue weighted by atomic mass is 10.0. The first-order valence-electron chi connectivity index (χ1n) is 11.0. The molecular formula is C27H28F2N2O4. The Balaban J connectivity index is 1.69. The highest BCUT2D eigenvalue weighted by Crippen LogP contribution is 2.38. The maximum Gasteiger partial charge on any atom is 0.271 e. The molecule has 0 spiro atoms. The first-order valence-corrected chi connectivity index (χ1v) is 11.0. The molecule has 0 saturated carbocycles. The minimum absolute atomic E-state index is 0.154. The summed E-state index contributed by atoms with van der Waals surface area (Å²) in [5.41, 5.74) is 5.30. The summed E-state index contributed by atoms with van der Waals surface area (Å²) < 4.78 is 42.3. The van der Waals surface area contributed by atoms with E-state index in [0.29, 0.717) is 35.3 Å². The molecule has 0 atom stereocenters. The topological polar surface area (TPSA) is 69.2 Å². The lowest BCUT2D eigenvalue weighted by Gasteiger charge is -2.15. The van der Waals surface area contributed by atoms with Crippen LogP contribution in [0.15, 0.2) is 65.8 Å². The largest absolute Gasteiger partial charge is 0.493 e. The van der Waals surface area contributed by atoms with Crippen molar-refractivity contribution in [2.45, 2.75) is 32.8 Å². The van der Waals surface area contributed by atoms with Gasteiger partial charge in [-0.3, -0.25) is 4.79 Å². The number of methoxy groups -OCH3 is 2. The Morgan fingerprint density at radius 3 is 2.03 bits per heavy atom. The number of alkyl halides is 2. The molecule has 0 unspecified atom stereocenters. The van der Waals surface area contributed by atoms with Crippen LogP contribution in [0.2, 0.25) is 0 Å². The van der Waals surface area contributed by atoms with Crippen molar-refractivity contribution in [3.05, 3.63) is 88.5 Å². The molecule has 0 fully saturated rings. The predicted molar refractivity (Wildman–Crippen MR) is 131 cm³/mol. The Labute approximate surface area is 203 Å². The number of carbonyl (C=O) groups excluding carboxylic acids is 1. The van der Waals surface area contributed by atoms with E-state index in [4.69, 9.17) is 14.2 Å². The minimum atomic E-state index is -2.59. The maximum absolute atomic E-state index is 12.7. The van der Waals surface area contributed by atoms with Gasteiger partial charge in [0.05, 0.1) is 20.4 Å². The highest BCUT2D eigenvalue weighted by atomic mass is 19.3. The fourth-order valence-corrected chi connectivity index (χ4v) is 3.28. The first kappa shape index (κ1) is 25.7. The molecule has 0 aliphatic rings. The normalized spacial score (nSPS) is 11.2. The van der Waals surface area contributed by atoms with Gasteiger partial charge in [0.2, 0.25) is 5.75 Å². The molecule has 0 aliphatic heterocycles. The Hall–Kier alpha value is -3.94. The second kappa shape index (κ2) is 12.0. The number of hydrogen-bond acceptors (Lipinski definition) is 5. The van der Waals surface area contributed by atoms with Crippen LogP contribution in [-0.2, 0) is 6.61 Å². The van der Waals surface area contributed by atoms with Crippen LogP contribution in [0.5, 0.6) is 17.2 Å². The summed E-state index contributed by atoms with van der Waals surface area (Å²) in [7, 11) is 3.04. The number of nitrogens with one attached hydrogen (secondary N) is 1. The van der Waals surface area contributed by atoms with Crippen molar-refractivity contribution in [1.29, 1.82) is 0 Å². The van der Waals surface area contributed by atoms with Crippen LogP contribution in [-0.4, -0.2) is 26.3 Å². The molecular weight excluding hydrogens is 454 g/mol. The van der Waals surface area contributed by atoms with Crippen LogP contribution >= 0.6 is 0 Å². The van der Waals surface area contributed by atoms with Crippen LogP contribution < -0.4 is 19.6 Å². The number of nitrogens with zero attached hydrogens (tertiary/aromatic N) is 1. The van der Waals surface area contributed by atoms with Crippen LogP contribution in [0.4, 0.5) is 8.78 Å². The van der Waals surface area contributed by atoms with E-state index in [1.54, 1.807) is 12.1 Å². The third-order valence-corrected chi connectivity index (χ3v) is 5.32. The molecule has 0 radical (unpaired) electrons. The number of benzene rings is 3. The molecule has 1 N–H and O–H groups in total. The van der Waals surface area contributed by atoms with E-state index < -0.39 is 12.3 Å². The zero-order valence-electron chi connectivity index (χ0n) is 20.0. The van der Waals surface area contributed by atoms with Crippen molar-refractivity contribution in [3.63, 3.8) is 0 Å². The third kappa shape index (κ3) is 6.79. The Morgan fingerprint density at radius 1 is 0.943 bits per heavy atom. The molecule has 3 rings (SSSR count). The van der Waals surface area contributed by atoms with Crippen molar-refractivity contribution in [3.8, 4) is 17.2 Å². The number of hydrazone groups is 1.